The lowest BCUT2D eigenvalue weighted by Gasteiger charge is -2.31. The Kier molecular flexibility index (Phi) is 5.88. The van der Waals surface area contributed by atoms with E-state index in [1.807, 2.05) is 48.9 Å². The molecule has 4 nitrogen and oxygen atoms in total. The van der Waals surface area contributed by atoms with Gasteiger partial charge in [-0.3, -0.25) is 14.7 Å². The molecule has 1 amide bonds. The molecule has 0 spiro atoms. The molecule has 1 aliphatic heterocycles. The number of aromatic nitrogens is 1. The van der Waals surface area contributed by atoms with Crippen molar-refractivity contribution in [2.75, 3.05) is 31.2 Å². The maximum atomic E-state index is 12.3. The summed E-state index contributed by atoms with van der Waals surface area (Å²) in [5.41, 5.74) is 2.05. The van der Waals surface area contributed by atoms with Crippen LogP contribution in [-0.2, 0) is 4.79 Å². The number of nitrogens with one attached hydrogen (secondary N) is 1. The van der Waals surface area contributed by atoms with Gasteiger partial charge in [0.2, 0.25) is 5.91 Å². The summed E-state index contributed by atoms with van der Waals surface area (Å²) in [5.74, 6) is 0.577. The highest BCUT2D eigenvalue weighted by molar-refractivity contribution is 7.98. The topological polar surface area (TPSA) is 45.2 Å². The smallest absolute Gasteiger partial charge is 0.238 e. The van der Waals surface area contributed by atoms with E-state index >= 15 is 0 Å². The first-order valence-electron chi connectivity index (χ1n) is 8.32. The maximum absolute atomic E-state index is 12.3. The predicted molar refractivity (Wildman–Crippen MR) is 99.5 cm³/mol. The summed E-state index contributed by atoms with van der Waals surface area (Å²) in [6.07, 6.45) is 6.02. The Morgan fingerprint density at radius 2 is 2.08 bits per heavy atom. The number of benzene rings is 1. The molecule has 2 heterocycles. The van der Waals surface area contributed by atoms with E-state index in [1.54, 1.807) is 11.8 Å². The van der Waals surface area contributed by atoms with Crippen molar-refractivity contribution in [1.29, 1.82) is 0 Å². The highest BCUT2D eigenvalue weighted by atomic mass is 32.2. The number of piperidine rings is 1. The van der Waals surface area contributed by atoms with Crippen molar-refractivity contribution < 1.29 is 4.79 Å². The largest absolute Gasteiger partial charge is 0.325 e. The highest BCUT2D eigenvalue weighted by Crippen LogP contribution is 2.26. The summed E-state index contributed by atoms with van der Waals surface area (Å²) in [6, 6.07) is 14.1. The molecule has 126 valence electrons. The van der Waals surface area contributed by atoms with E-state index in [0.717, 1.165) is 36.5 Å². The summed E-state index contributed by atoms with van der Waals surface area (Å²) >= 11 is 1.68. The molecule has 0 atom stereocenters. The average Bonchev–Trinajstić information content (AvgIpc) is 2.63. The zero-order chi connectivity index (χ0) is 16.8. The van der Waals surface area contributed by atoms with Crippen molar-refractivity contribution in [2.45, 2.75) is 23.7 Å². The van der Waals surface area contributed by atoms with Gasteiger partial charge < -0.3 is 5.32 Å². The number of carbonyl (C=O) groups excluding carboxylic acids is 1. The molecular formula is C19H23N3OS. The molecule has 1 fully saturated rings. The molecule has 0 bridgehead atoms. The Balaban J connectivity index is 1.48. The van der Waals surface area contributed by atoms with E-state index in [0.29, 0.717) is 12.5 Å². The molecule has 1 saturated heterocycles. The third-order valence-electron chi connectivity index (χ3n) is 4.41. The van der Waals surface area contributed by atoms with E-state index in [-0.39, 0.29) is 5.91 Å². The lowest BCUT2D eigenvalue weighted by atomic mass is 9.93. The lowest BCUT2D eigenvalue weighted by Crippen LogP contribution is -2.38. The summed E-state index contributed by atoms with van der Waals surface area (Å²) in [4.78, 5) is 20.1. The number of hydrogen-bond donors (Lipinski definition) is 1. The summed E-state index contributed by atoms with van der Waals surface area (Å²) in [6.45, 7) is 2.34. The molecule has 0 aliphatic carbocycles. The van der Waals surface area contributed by atoms with Crippen molar-refractivity contribution in [3.8, 4) is 0 Å². The van der Waals surface area contributed by atoms with Crippen LogP contribution in [0.2, 0.25) is 0 Å². The number of anilines is 1. The van der Waals surface area contributed by atoms with Crippen LogP contribution >= 0.6 is 11.8 Å². The van der Waals surface area contributed by atoms with Crippen LogP contribution in [0.5, 0.6) is 0 Å². The maximum Gasteiger partial charge on any atom is 0.238 e. The normalized spacial score (nSPS) is 16.0. The number of carbonyl (C=O) groups is 1. The zero-order valence-electron chi connectivity index (χ0n) is 13.9. The van der Waals surface area contributed by atoms with E-state index in [1.165, 1.54) is 5.69 Å². The molecule has 2 aromatic rings. The number of amides is 1. The van der Waals surface area contributed by atoms with Gasteiger partial charge in [-0.2, -0.15) is 0 Å². The molecular weight excluding hydrogens is 318 g/mol. The van der Waals surface area contributed by atoms with Crippen LogP contribution in [0.4, 0.5) is 5.69 Å². The van der Waals surface area contributed by atoms with Crippen LogP contribution in [0, 0.1) is 0 Å². The molecule has 0 unspecified atom stereocenters. The quantitative estimate of drug-likeness (QED) is 0.844. The van der Waals surface area contributed by atoms with Crippen molar-refractivity contribution in [2.24, 2.45) is 0 Å². The molecule has 0 saturated carbocycles. The SMILES string of the molecule is CSc1cccc(NC(=O)CN2CCC(c3ccccn3)CC2)c1. The summed E-state index contributed by atoms with van der Waals surface area (Å²) < 4.78 is 0. The van der Waals surface area contributed by atoms with Gasteiger partial charge in [0.25, 0.3) is 0 Å². The van der Waals surface area contributed by atoms with Crippen LogP contribution in [-0.4, -0.2) is 41.7 Å². The first-order chi connectivity index (χ1) is 11.7. The standard InChI is InChI=1S/C19H23N3OS/c1-24-17-6-4-5-16(13-17)21-19(23)14-22-11-8-15(9-12-22)18-7-2-3-10-20-18/h2-7,10,13,15H,8-9,11-12,14H2,1H3,(H,21,23). The van der Waals surface area contributed by atoms with E-state index < -0.39 is 0 Å². The Labute approximate surface area is 147 Å². The summed E-state index contributed by atoms with van der Waals surface area (Å²) in [7, 11) is 0. The van der Waals surface area contributed by atoms with Gasteiger partial charge in [-0.1, -0.05) is 12.1 Å². The molecule has 1 aromatic carbocycles. The van der Waals surface area contributed by atoms with Crippen LogP contribution in [0.25, 0.3) is 0 Å². The van der Waals surface area contributed by atoms with E-state index in [9.17, 15) is 4.79 Å². The van der Waals surface area contributed by atoms with Crippen LogP contribution < -0.4 is 5.32 Å². The first kappa shape index (κ1) is 17.0. The molecule has 3 rings (SSSR count). The van der Waals surface area contributed by atoms with Gasteiger partial charge in [-0.25, -0.2) is 0 Å². The van der Waals surface area contributed by atoms with E-state index in [2.05, 4.69) is 21.3 Å². The monoisotopic (exact) mass is 341 g/mol. The van der Waals surface area contributed by atoms with E-state index in [4.69, 9.17) is 0 Å². The number of pyridine rings is 1. The van der Waals surface area contributed by atoms with Crippen LogP contribution in [0.3, 0.4) is 0 Å². The van der Waals surface area contributed by atoms with Crippen molar-refractivity contribution in [3.05, 3.63) is 54.4 Å². The van der Waals surface area contributed by atoms with Gasteiger partial charge in [0.1, 0.15) is 0 Å². The minimum Gasteiger partial charge on any atom is -0.325 e. The Bertz CT molecular complexity index is 669. The second-order valence-electron chi connectivity index (χ2n) is 6.09. The molecule has 1 aliphatic rings. The fourth-order valence-electron chi connectivity index (χ4n) is 3.11. The molecule has 1 N–H and O–H groups in total. The number of nitrogens with zero attached hydrogens (tertiary/aromatic N) is 2. The highest BCUT2D eigenvalue weighted by Gasteiger charge is 2.22. The van der Waals surface area contributed by atoms with Gasteiger partial charge >= 0.3 is 0 Å². The lowest BCUT2D eigenvalue weighted by molar-refractivity contribution is -0.117. The predicted octanol–water partition coefficient (Wildman–Crippen LogP) is 3.62. The Morgan fingerprint density at radius 1 is 1.25 bits per heavy atom. The van der Waals surface area contributed by atoms with Gasteiger partial charge in [-0.15, -0.1) is 11.8 Å². The third kappa shape index (κ3) is 4.58. The minimum absolute atomic E-state index is 0.0598. The number of rotatable bonds is 5. The number of thioether (sulfide) groups is 1. The fraction of sp³-hybridized carbons (Fsp3) is 0.368. The average molecular weight is 341 g/mol. The zero-order valence-corrected chi connectivity index (χ0v) is 14.8. The second kappa shape index (κ2) is 8.31. The van der Waals surface area contributed by atoms with Gasteiger partial charge in [0, 0.05) is 28.4 Å². The molecule has 24 heavy (non-hydrogen) atoms. The minimum atomic E-state index is 0.0598. The van der Waals surface area contributed by atoms with Gasteiger partial charge in [-0.05, 0) is 62.5 Å². The number of hydrogen-bond acceptors (Lipinski definition) is 4. The van der Waals surface area contributed by atoms with Gasteiger partial charge in [0.15, 0.2) is 0 Å². The van der Waals surface area contributed by atoms with Crippen LogP contribution in [0.1, 0.15) is 24.5 Å². The van der Waals surface area contributed by atoms with Crippen molar-refractivity contribution >= 4 is 23.4 Å². The molecule has 0 radical (unpaired) electrons. The third-order valence-corrected chi connectivity index (χ3v) is 5.14. The molecule has 5 heteroatoms. The van der Waals surface area contributed by atoms with Gasteiger partial charge in [0.05, 0.1) is 6.54 Å². The Hall–Kier alpha value is -1.85. The summed E-state index contributed by atoms with van der Waals surface area (Å²) in [5, 5.41) is 3.00. The van der Waals surface area contributed by atoms with Crippen molar-refractivity contribution in [1.82, 2.24) is 9.88 Å². The molecule has 1 aromatic heterocycles. The van der Waals surface area contributed by atoms with Crippen molar-refractivity contribution in [3.63, 3.8) is 0 Å². The van der Waals surface area contributed by atoms with Crippen LogP contribution in [0.15, 0.2) is 53.6 Å². The fourth-order valence-corrected chi connectivity index (χ4v) is 3.57. The number of likely N-dealkylation sites (tertiary alicyclic amines) is 1. The second-order valence-corrected chi connectivity index (χ2v) is 6.96. The Morgan fingerprint density at radius 3 is 2.79 bits per heavy atom. The first-order valence-corrected chi connectivity index (χ1v) is 9.54.